The van der Waals surface area contributed by atoms with Gasteiger partial charge in [-0.05, 0) is 6.92 Å². The highest BCUT2D eigenvalue weighted by Gasteiger charge is 2.08. The monoisotopic (exact) mass is 142 g/mol. The minimum Gasteiger partial charge on any atom is -0.394 e. The van der Waals surface area contributed by atoms with Crippen molar-refractivity contribution in [2.45, 2.75) is 13.0 Å². The second kappa shape index (κ2) is 2.81. The Bertz CT molecular complexity index is 209. The summed E-state index contributed by atoms with van der Waals surface area (Å²) < 4.78 is 4.78. The van der Waals surface area contributed by atoms with Crippen LogP contribution in [-0.2, 0) is 0 Å². The van der Waals surface area contributed by atoms with Gasteiger partial charge in [-0.25, -0.2) is 0 Å². The Morgan fingerprint density at radius 1 is 1.90 bits per heavy atom. The van der Waals surface area contributed by atoms with Crippen LogP contribution in [0.15, 0.2) is 10.6 Å². The molecule has 1 heterocycles. The number of rotatable bonds is 2. The van der Waals surface area contributed by atoms with Crippen molar-refractivity contribution in [2.24, 2.45) is 5.73 Å². The average Bonchev–Trinajstić information content (AvgIpc) is 2.34. The highest BCUT2D eigenvalue weighted by molar-refractivity contribution is 5.06. The van der Waals surface area contributed by atoms with E-state index in [-0.39, 0.29) is 6.61 Å². The van der Waals surface area contributed by atoms with Crippen molar-refractivity contribution in [3.05, 3.63) is 17.5 Å². The Morgan fingerprint density at radius 2 is 2.60 bits per heavy atom. The van der Waals surface area contributed by atoms with E-state index in [0.29, 0.717) is 5.76 Å². The third kappa shape index (κ3) is 1.34. The molecule has 1 aromatic heterocycles. The minimum absolute atomic E-state index is 0.116. The number of aliphatic hydroxyl groups excluding tert-OH is 1. The fourth-order valence-corrected chi connectivity index (χ4v) is 0.648. The Morgan fingerprint density at radius 3 is 3.00 bits per heavy atom. The van der Waals surface area contributed by atoms with Crippen molar-refractivity contribution in [2.75, 3.05) is 6.61 Å². The van der Waals surface area contributed by atoms with Crippen molar-refractivity contribution < 1.29 is 9.63 Å². The van der Waals surface area contributed by atoms with Gasteiger partial charge in [0.1, 0.15) is 0 Å². The predicted octanol–water partition coefficient (Wildman–Crippen LogP) is -0.0249. The van der Waals surface area contributed by atoms with E-state index in [4.69, 9.17) is 15.4 Å². The molecule has 4 heteroatoms. The zero-order valence-electron chi connectivity index (χ0n) is 5.74. The van der Waals surface area contributed by atoms with Crippen LogP contribution in [0, 0.1) is 6.92 Å². The van der Waals surface area contributed by atoms with Crippen molar-refractivity contribution in [1.29, 1.82) is 0 Å². The number of aromatic nitrogens is 1. The van der Waals surface area contributed by atoms with Crippen LogP contribution in [0.2, 0.25) is 0 Å². The molecule has 1 aromatic rings. The fourth-order valence-electron chi connectivity index (χ4n) is 0.648. The predicted molar refractivity (Wildman–Crippen MR) is 35.3 cm³/mol. The van der Waals surface area contributed by atoms with Gasteiger partial charge < -0.3 is 15.4 Å². The van der Waals surface area contributed by atoms with E-state index in [0.717, 1.165) is 5.69 Å². The first-order chi connectivity index (χ1) is 4.74. The van der Waals surface area contributed by atoms with E-state index in [2.05, 4.69) is 5.16 Å². The normalized spacial score (nSPS) is 13.5. The molecule has 0 amide bonds. The topological polar surface area (TPSA) is 72.3 Å². The van der Waals surface area contributed by atoms with Gasteiger partial charge in [0, 0.05) is 6.07 Å². The SMILES string of the molecule is Cc1cc(C(N)CO)on1. The fraction of sp³-hybridized carbons (Fsp3) is 0.500. The summed E-state index contributed by atoms with van der Waals surface area (Å²) in [6.07, 6.45) is 0. The van der Waals surface area contributed by atoms with Crippen LogP contribution in [0.5, 0.6) is 0 Å². The first-order valence-corrected chi connectivity index (χ1v) is 3.03. The van der Waals surface area contributed by atoms with E-state index in [1.165, 1.54) is 0 Å². The van der Waals surface area contributed by atoms with Gasteiger partial charge in [0.05, 0.1) is 18.3 Å². The number of aryl methyl sites for hydroxylation is 1. The number of nitrogens with zero attached hydrogens (tertiary/aromatic N) is 1. The lowest BCUT2D eigenvalue weighted by Crippen LogP contribution is -2.13. The molecule has 1 unspecified atom stereocenters. The molecule has 0 spiro atoms. The molecule has 1 rings (SSSR count). The number of nitrogens with two attached hydrogens (primary N) is 1. The maximum Gasteiger partial charge on any atom is 0.156 e. The number of aliphatic hydroxyl groups is 1. The van der Waals surface area contributed by atoms with Gasteiger partial charge >= 0.3 is 0 Å². The molecule has 0 saturated carbocycles. The number of hydrogen-bond donors (Lipinski definition) is 2. The molecule has 0 aliphatic carbocycles. The molecule has 0 aliphatic rings. The maximum absolute atomic E-state index is 8.58. The molecule has 0 fully saturated rings. The van der Waals surface area contributed by atoms with Crippen molar-refractivity contribution >= 4 is 0 Å². The summed E-state index contributed by atoms with van der Waals surface area (Å²) in [4.78, 5) is 0. The van der Waals surface area contributed by atoms with E-state index in [1.54, 1.807) is 13.0 Å². The second-order valence-electron chi connectivity index (χ2n) is 2.16. The Balaban J connectivity index is 2.74. The molecule has 3 N–H and O–H groups in total. The molecule has 0 aliphatic heterocycles. The standard InChI is InChI=1S/C6H10N2O2/c1-4-2-6(10-8-4)5(7)3-9/h2,5,9H,3,7H2,1H3. The van der Waals surface area contributed by atoms with Gasteiger partial charge in [0.2, 0.25) is 0 Å². The van der Waals surface area contributed by atoms with Crippen LogP contribution in [-0.4, -0.2) is 16.9 Å². The first-order valence-electron chi connectivity index (χ1n) is 3.03. The van der Waals surface area contributed by atoms with Gasteiger partial charge in [0.25, 0.3) is 0 Å². The zero-order chi connectivity index (χ0) is 7.56. The van der Waals surface area contributed by atoms with Crippen LogP contribution in [0.3, 0.4) is 0 Å². The molecule has 10 heavy (non-hydrogen) atoms. The minimum atomic E-state index is -0.443. The van der Waals surface area contributed by atoms with Crippen LogP contribution >= 0.6 is 0 Å². The molecule has 0 bridgehead atoms. The second-order valence-corrected chi connectivity index (χ2v) is 2.16. The zero-order valence-corrected chi connectivity index (χ0v) is 5.74. The molecular formula is C6H10N2O2. The van der Waals surface area contributed by atoms with E-state index >= 15 is 0 Å². The van der Waals surface area contributed by atoms with E-state index < -0.39 is 6.04 Å². The van der Waals surface area contributed by atoms with Crippen LogP contribution in [0.25, 0.3) is 0 Å². The van der Waals surface area contributed by atoms with Gasteiger partial charge in [-0.2, -0.15) is 0 Å². The molecule has 0 radical (unpaired) electrons. The molecule has 1 atom stereocenters. The lowest BCUT2D eigenvalue weighted by atomic mass is 10.2. The van der Waals surface area contributed by atoms with Crippen molar-refractivity contribution in [1.82, 2.24) is 5.16 Å². The third-order valence-electron chi connectivity index (χ3n) is 1.21. The lowest BCUT2D eigenvalue weighted by Gasteiger charge is -1.99. The summed E-state index contributed by atoms with van der Waals surface area (Å²) in [5, 5.41) is 12.2. The van der Waals surface area contributed by atoms with Gasteiger partial charge in [-0.15, -0.1) is 0 Å². The third-order valence-corrected chi connectivity index (χ3v) is 1.21. The smallest absolute Gasteiger partial charge is 0.156 e. The summed E-state index contributed by atoms with van der Waals surface area (Å²) in [5.41, 5.74) is 6.20. The van der Waals surface area contributed by atoms with E-state index in [9.17, 15) is 0 Å². The summed E-state index contributed by atoms with van der Waals surface area (Å²) in [6.45, 7) is 1.69. The Kier molecular flexibility index (Phi) is 2.03. The largest absolute Gasteiger partial charge is 0.394 e. The maximum atomic E-state index is 8.58. The Hall–Kier alpha value is -0.870. The van der Waals surface area contributed by atoms with Gasteiger partial charge in [-0.1, -0.05) is 5.16 Å². The Labute approximate surface area is 58.6 Å². The van der Waals surface area contributed by atoms with E-state index in [1.807, 2.05) is 0 Å². The highest BCUT2D eigenvalue weighted by atomic mass is 16.5. The quantitative estimate of drug-likeness (QED) is 0.608. The van der Waals surface area contributed by atoms with Gasteiger partial charge in [0.15, 0.2) is 5.76 Å². The molecule has 0 aromatic carbocycles. The van der Waals surface area contributed by atoms with Crippen LogP contribution in [0.4, 0.5) is 0 Å². The average molecular weight is 142 g/mol. The highest BCUT2D eigenvalue weighted by Crippen LogP contribution is 2.09. The molecular weight excluding hydrogens is 132 g/mol. The lowest BCUT2D eigenvalue weighted by molar-refractivity contribution is 0.240. The van der Waals surface area contributed by atoms with Crippen molar-refractivity contribution in [3.63, 3.8) is 0 Å². The summed E-state index contributed by atoms with van der Waals surface area (Å²) in [5.74, 6) is 0.528. The molecule has 56 valence electrons. The van der Waals surface area contributed by atoms with Crippen LogP contribution in [0.1, 0.15) is 17.5 Å². The molecule has 0 saturated heterocycles. The summed E-state index contributed by atoms with van der Waals surface area (Å²) in [6, 6.07) is 1.27. The van der Waals surface area contributed by atoms with Crippen LogP contribution < -0.4 is 5.73 Å². The van der Waals surface area contributed by atoms with Crippen molar-refractivity contribution in [3.8, 4) is 0 Å². The first kappa shape index (κ1) is 7.24. The summed E-state index contributed by atoms with van der Waals surface area (Å²) >= 11 is 0. The van der Waals surface area contributed by atoms with Gasteiger partial charge in [-0.3, -0.25) is 0 Å². The molecule has 4 nitrogen and oxygen atoms in total. The summed E-state index contributed by atoms with van der Waals surface area (Å²) in [7, 11) is 0. The number of hydrogen-bond acceptors (Lipinski definition) is 4.